The number of pyridine rings is 1. The van der Waals surface area contributed by atoms with E-state index in [0.29, 0.717) is 36.7 Å². The SMILES string of the molecule is COCCCNC(=O)c1cnn(C)c1C(=O)Nc1ccn2nc(-c3ccccc3)nc2c1. The third kappa shape index (κ3) is 4.49. The van der Waals surface area contributed by atoms with Gasteiger partial charge in [-0.15, -0.1) is 5.10 Å². The van der Waals surface area contributed by atoms with Crippen LogP contribution >= 0.6 is 0 Å². The highest BCUT2D eigenvalue weighted by molar-refractivity contribution is 6.11. The van der Waals surface area contributed by atoms with Gasteiger partial charge in [-0.2, -0.15) is 5.10 Å². The molecule has 10 heteroatoms. The molecule has 32 heavy (non-hydrogen) atoms. The molecule has 0 unspecified atom stereocenters. The van der Waals surface area contributed by atoms with Crippen LogP contribution in [0.2, 0.25) is 0 Å². The van der Waals surface area contributed by atoms with Crippen molar-refractivity contribution in [2.75, 3.05) is 25.6 Å². The minimum absolute atomic E-state index is 0.167. The smallest absolute Gasteiger partial charge is 0.274 e. The minimum Gasteiger partial charge on any atom is -0.385 e. The van der Waals surface area contributed by atoms with E-state index in [-0.39, 0.29) is 17.2 Å². The summed E-state index contributed by atoms with van der Waals surface area (Å²) in [5.41, 5.74) is 2.39. The third-order valence-electron chi connectivity index (χ3n) is 4.84. The lowest BCUT2D eigenvalue weighted by Crippen LogP contribution is -2.28. The first-order valence-corrected chi connectivity index (χ1v) is 10.1. The van der Waals surface area contributed by atoms with Crippen LogP contribution in [0.1, 0.15) is 27.3 Å². The van der Waals surface area contributed by atoms with Crippen molar-refractivity contribution < 1.29 is 14.3 Å². The molecule has 0 aliphatic carbocycles. The number of methoxy groups -OCH3 is 1. The number of benzene rings is 1. The molecule has 0 spiro atoms. The van der Waals surface area contributed by atoms with Crippen LogP contribution in [0.4, 0.5) is 5.69 Å². The van der Waals surface area contributed by atoms with Crippen LogP contribution in [0.3, 0.4) is 0 Å². The Morgan fingerprint density at radius 1 is 1.12 bits per heavy atom. The second-order valence-electron chi connectivity index (χ2n) is 7.11. The molecule has 164 valence electrons. The molecule has 0 aliphatic heterocycles. The molecule has 4 aromatic rings. The molecule has 2 amide bonds. The number of carbonyl (C=O) groups excluding carboxylic acids is 2. The van der Waals surface area contributed by atoms with Crippen LogP contribution in [-0.2, 0) is 11.8 Å². The summed E-state index contributed by atoms with van der Waals surface area (Å²) in [6, 6.07) is 13.1. The van der Waals surface area contributed by atoms with Gasteiger partial charge in [0, 0.05) is 50.8 Å². The zero-order valence-corrected chi connectivity index (χ0v) is 17.8. The fraction of sp³-hybridized carbons (Fsp3) is 0.227. The average molecular weight is 433 g/mol. The Morgan fingerprint density at radius 2 is 1.94 bits per heavy atom. The number of anilines is 1. The van der Waals surface area contributed by atoms with Gasteiger partial charge in [0.25, 0.3) is 11.8 Å². The van der Waals surface area contributed by atoms with E-state index in [0.717, 1.165) is 5.56 Å². The highest BCUT2D eigenvalue weighted by atomic mass is 16.5. The van der Waals surface area contributed by atoms with Gasteiger partial charge < -0.3 is 15.4 Å². The number of rotatable bonds is 8. The number of hydrogen-bond donors (Lipinski definition) is 2. The number of aromatic nitrogens is 5. The first kappa shape index (κ1) is 21.2. The van der Waals surface area contributed by atoms with E-state index < -0.39 is 5.91 Å². The zero-order valence-electron chi connectivity index (χ0n) is 17.8. The maximum atomic E-state index is 12.9. The maximum absolute atomic E-state index is 12.9. The van der Waals surface area contributed by atoms with Gasteiger partial charge in [-0.05, 0) is 12.5 Å². The summed E-state index contributed by atoms with van der Waals surface area (Å²) >= 11 is 0. The van der Waals surface area contributed by atoms with E-state index in [9.17, 15) is 9.59 Å². The summed E-state index contributed by atoms with van der Waals surface area (Å²) in [7, 11) is 3.22. The molecule has 0 saturated carbocycles. The van der Waals surface area contributed by atoms with E-state index >= 15 is 0 Å². The van der Waals surface area contributed by atoms with Gasteiger partial charge in [0.15, 0.2) is 11.5 Å². The first-order chi connectivity index (χ1) is 15.6. The topological polar surface area (TPSA) is 115 Å². The number of nitrogens with zero attached hydrogens (tertiary/aromatic N) is 5. The summed E-state index contributed by atoms with van der Waals surface area (Å²) in [5.74, 6) is -0.216. The number of amides is 2. The highest BCUT2D eigenvalue weighted by Gasteiger charge is 2.22. The van der Waals surface area contributed by atoms with Crippen LogP contribution in [0.5, 0.6) is 0 Å². The Hall–Kier alpha value is -4.05. The molecule has 0 radical (unpaired) electrons. The molecule has 0 atom stereocenters. The number of carbonyl (C=O) groups is 2. The van der Waals surface area contributed by atoms with Crippen molar-refractivity contribution in [2.45, 2.75) is 6.42 Å². The Labute approximate surface area is 184 Å². The summed E-state index contributed by atoms with van der Waals surface area (Å²) in [6.07, 6.45) is 3.78. The largest absolute Gasteiger partial charge is 0.385 e. The normalized spacial score (nSPS) is 10.9. The van der Waals surface area contributed by atoms with Crippen molar-refractivity contribution in [3.8, 4) is 11.4 Å². The Balaban J connectivity index is 1.51. The van der Waals surface area contributed by atoms with Crippen molar-refractivity contribution in [3.05, 3.63) is 66.1 Å². The first-order valence-electron chi connectivity index (χ1n) is 10.1. The van der Waals surface area contributed by atoms with E-state index in [2.05, 4.69) is 25.8 Å². The maximum Gasteiger partial charge on any atom is 0.274 e. The van der Waals surface area contributed by atoms with Crippen molar-refractivity contribution in [3.63, 3.8) is 0 Å². The fourth-order valence-corrected chi connectivity index (χ4v) is 3.25. The van der Waals surface area contributed by atoms with Gasteiger partial charge in [-0.3, -0.25) is 14.3 Å². The van der Waals surface area contributed by atoms with Gasteiger partial charge >= 0.3 is 0 Å². The molecule has 10 nitrogen and oxygen atoms in total. The number of ether oxygens (including phenoxy) is 1. The van der Waals surface area contributed by atoms with Crippen LogP contribution in [0.15, 0.2) is 54.9 Å². The number of nitrogens with one attached hydrogen (secondary N) is 2. The van der Waals surface area contributed by atoms with Gasteiger partial charge in [0.1, 0.15) is 5.69 Å². The van der Waals surface area contributed by atoms with Crippen LogP contribution < -0.4 is 10.6 Å². The van der Waals surface area contributed by atoms with Crippen LogP contribution in [-0.4, -0.2) is 56.5 Å². The van der Waals surface area contributed by atoms with E-state index in [4.69, 9.17) is 4.74 Å². The lowest BCUT2D eigenvalue weighted by atomic mass is 10.2. The number of hydrogen-bond acceptors (Lipinski definition) is 6. The highest BCUT2D eigenvalue weighted by Crippen LogP contribution is 2.18. The van der Waals surface area contributed by atoms with E-state index in [1.54, 1.807) is 37.0 Å². The van der Waals surface area contributed by atoms with Gasteiger partial charge in [0.05, 0.1) is 11.8 Å². The quantitative estimate of drug-likeness (QED) is 0.412. The molecule has 4 rings (SSSR count). The average Bonchev–Trinajstić information content (AvgIpc) is 3.40. The molecule has 2 N–H and O–H groups in total. The molecule has 0 bridgehead atoms. The summed E-state index contributed by atoms with van der Waals surface area (Å²) in [5, 5.41) is 14.1. The zero-order chi connectivity index (χ0) is 22.5. The van der Waals surface area contributed by atoms with Gasteiger partial charge in [0.2, 0.25) is 0 Å². The molecular weight excluding hydrogens is 410 g/mol. The molecule has 0 fully saturated rings. The Morgan fingerprint density at radius 3 is 2.72 bits per heavy atom. The second-order valence-corrected chi connectivity index (χ2v) is 7.11. The van der Waals surface area contributed by atoms with Crippen LogP contribution in [0.25, 0.3) is 17.0 Å². The summed E-state index contributed by atoms with van der Waals surface area (Å²) < 4.78 is 7.99. The standard InChI is InChI=1S/C22H23N7O3/c1-28-19(17(14-24-28)21(30)23-10-6-12-32-2)22(31)25-16-9-11-29-18(13-16)26-20(27-29)15-7-4-3-5-8-15/h3-5,7-9,11,13-14H,6,10,12H2,1-2H3,(H,23,30)(H,25,31). The predicted molar refractivity (Wildman–Crippen MR) is 118 cm³/mol. The molecular formula is C22H23N7O3. The van der Waals surface area contributed by atoms with Gasteiger partial charge in [-0.1, -0.05) is 30.3 Å². The summed E-state index contributed by atoms with van der Waals surface area (Å²) in [4.78, 5) is 30.0. The minimum atomic E-state index is -0.445. The van der Waals surface area contributed by atoms with Crippen molar-refractivity contribution in [1.82, 2.24) is 29.7 Å². The van der Waals surface area contributed by atoms with Crippen LogP contribution in [0, 0.1) is 0 Å². The molecule has 3 aromatic heterocycles. The van der Waals surface area contributed by atoms with E-state index in [1.807, 2.05) is 30.3 Å². The third-order valence-corrected chi connectivity index (χ3v) is 4.84. The monoisotopic (exact) mass is 433 g/mol. The van der Waals surface area contributed by atoms with Crippen molar-refractivity contribution in [2.24, 2.45) is 7.05 Å². The molecule has 3 heterocycles. The number of aryl methyl sites for hydroxylation is 1. The Bertz CT molecular complexity index is 1250. The second kappa shape index (κ2) is 9.40. The number of fused-ring (bicyclic) bond motifs is 1. The fourth-order valence-electron chi connectivity index (χ4n) is 3.25. The summed E-state index contributed by atoms with van der Waals surface area (Å²) in [6.45, 7) is 0.980. The van der Waals surface area contributed by atoms with Crippen molar-refractivity contribution >= 4 is 23.1 Å². The Kier molecular flexibility index (Phi) is 6.22. The molecule has 0 aliphatic rings. The van der Waals surface area contributed by atoms with Gasteiger partial charge in [-0.25, -0.2) is 9.50 Å². The predicted octanol–water partition coefficient (Wildman–Crippen LogP) is 2.15. The van der Waals surface area contributed by atoms with E-state index in [1.165, 1.54) is 10.9 Å². The van der Waals surface area contributed by atoms with Crippen molar-refractivity contribution in [1.29, 1.82) is 0 Å². The molecule has 0 saturated heterocycles. The lowest BCUT2D eigenvalue weighted by Gasteiger charge is -2.09. The molecule has 1 aromatic carbocycles. The lowest BCUT2D eigenvalue weighted by molar-refractivity contribution is 0.0934.